The van der Waals surface area contributed by atoms with Gasteiger partial charge in [-0.15, -0.1) is 0 Å². The van der Waals surface area contributed by atoms with E-state index in [1.165, 1.54) is 12.1 Å². The second kappa shape index (κ2) is 8.51. The number of carboxylic acids is 1. The van der Waals surface area contributed by atoms with E-state index in [4.69, 9.17) is 0 Å². The number of aryl methyl sites for hydroxylation is 1. The maximum atomic E-state index is 12.7. The Morgan fingerprint density at radius 1 is 1.00 bits per heavy atom. The predicted molar refractivity (Wildman–Crippen MR) is 89.5 cm³/mol. The van der Waals surface area contributed by atoms with Crippen molar-refractivity contribution in [2.24, 2.45) is 0 Å². The first-order valence-electron chi connectivity index (χ1n) is 7.98. The van der Waals surface area contributed by atoms with Crippen LogP contribution in [0.5, 0.6) is 0 Å². The monoisotopic (exact) mass is 365 g/mol. The van der Waals surface area contributed by atoms with E-state index in [9.17, 15) is 27.9 Å². The maximum Gasteiger partial charge on any atom is 0.416 e. The molecule has 26 heavy (non-hydrogen) atoms. The highest BCUT2D eigenvalue weighted by Crippen LogP contribution is 2.29. The summed E-state index contributed by atoms with van der Waals surface area (Å²) in [5.41, 5.74) is 0.261. The summed E-state index contributed by atoms with van der Waals surface area (Å²) >= 11 is 0. The molecule has 0 fully saturated rings. The Morgan fingerprint density at radius 2 is 1.65 bits per heavy atom. The normalized spacial score (nSPS) is 12.4. The number of carbonyl (C=O) groups is 2. The summed E-state index contributed by atoms with van der Waals surface area (Å²) in [5, 5.41) is 11.6. The molecule has 0 aliphatic carbocycles. The summed E-state index contributed by atoms with van der Waals surface area (Å²) in [6, 6.07) is 12.5. The molecule has 4 nitrogen and oxygen atoms in total. The second-order valence-corrected chi connectivity index (χ2v) is 5.86. The number of alkyl halides is 3. The number of carbonyl (C=O) groups excluding carboxylic acids is 1. The topological polar surface area (TPSA) is 66.4 Å². The van der Waals surface area contributed by atoms with Crippen molar-refractivity contribution in [1.29, 1.82) is 0 Å². The number of carboxylic acid groups (broad SMARTS) is 1. The molecule has 0 bridgehead atoms. The van der Waals surface area contributed by atoms with Crippen molar-refractivity contribution in [1.82, 2.24) is 5.32 Å². The fraction of sp³-hybridized carbons (Fsp3) is 0.263. The molecular weight excluding hydrogens is 347 g/mol. The van der Waals surface area contributed by atoms with Crippen LogP contribution in [0.1, 0.15) is 23.1 Å². The predicted octanol–water partition coefficient (Wildman–Crippen LogP) is 3.45. The minimum Gasteiger partial charge on any atom is -0.480 e. The number of hydrogen-bond donors (Lipinski definition) is 2. The lowest BCUT2D eigenvalue weighted by atomic mass is 10.0. The first-order valence-corrected chi connectivity index (χ1v) is 7.98. The van der Waals surface area contributed by atoms with Gasteiger partial charge in [0.25, 0.3) is 0 Å². The van der Waals surface area contributed by atoms with E-state index in [1.807, 2.05) is 30.3 Å². The summed E-state index contributed by atoms with van der Waals surface area (Å²) < 4.78 is 38.1. The van der Waals surface area contributed by atoms with E-state index >= 15 is 0 Å². The highest BCUT2D eigenvalue weighted by Gasteiger charge is 2.30. The fourth-order valence-electron chi connectivity index (χ4n) is 2.50. The molecule has 2 rings (SSSR count). The number of hydrogen-bond acceptors (Lipinski definition) is 2. The molecule has 0 aromatic heterocycles. The number of halogens is 3. The van der Waals surface area contributed by atoms with Crippen molar-refractivity contribution in [2.45, 2.75) is 31.5 Å². The standard InChI is InChI=1S/C19H18F3NO3/c20-19(21,22)15-8-4-7-14(11-15)12-17(24)23-16(18(25)26)10-9-13-5-2-1-3-6-13/h1-8,11,16H,9-10,12H2,(H,23,24)(H,25,26)/t16-/m1/s1. The van der Waals surface area contributed by atoms with E-state index in [0.29, 0.717) is 6.42 Å². The Hall–Kier alpha value is -2.83. The zero-order valence-electron chi connectivity index (χ0n) is 13.8. The molecule has 0 saturated heterocycles. The van der Waals surface area contributed by atoms with Crippen molar-refractivity contribution >= 4 is 11.9 Å². The van der Waals surface area contributed by atoms with Gasteiger partial charge in [0.05, 0.1) is 12.0 Å². The smallest absolute Gasteiger partial charge is 0.416 e. The van der Waals surface area contributed by atoms with Gasteiger partial charge in [-0.1, -0.05) is 48.5 Å². The first kappa shape index (κ1) is 19.5. The van der Waals surface area contributed by atoms with Crippen LogP contribution in [0.15, 0.2) is 54.6 Å². The van der Waals surface area contributed by atoms with Gasteiger partial charge in [-0.3, -0.25) is 4.79 Å². The van der Waals surface area contributed by atoms with E-state index in [2.05, 4.69) is 5.32 Å². The van der Waals surface area contributed by atoms with Crippen molar-refractivity contribution < 1.29 is 27.9 Å². The van der Waals surface area contributed by atoms with Gasteiger partial charge >= 0.3 is 12.1 Å². The van der Waals surface area contributed by atoms with Gasteiger partial charge in [0.2, 0.25) is 5.91 Å². The van der Waals surface area contributed by atoms with Crippen LogP contribution < -0.4 is 5.32 Å². The average molecular weight is 365 g/mol. The first-order chi connectivity index (χ1) is 12.3. The largest absolute Gasteiger partial charge is 0.480 e. The SMILES string of the molecule is O=C(Cc1cccc(C(F)(F)F)c1)N[C@H](CCc1ccccc1)C(=O)O. The lowest BCUT2D eigenvalue weighted by Crippen LogP contribution is -2.41. The Kier molecular flexibility index (Phi) is 6.38. The quantitative estimate of drug-likeness (QED) is 0.790. The molecule has 0 radical (unpaired) electrons. The van der Waals surface area contributed by atoms with Crippen molar-refractivity contribution in [3.05, 3.63) is 71.3 Å². The Bertz CT molecular complexity index is 760. The summed E-state index contributed by atoms with van der Waals surface area (Å²) in [7, 11) is 0. The Morgan fingerprint density at radius 3 is 2.27 bits per heavy atom. The zero-order valence-corrected chi connectivity index (χ0v) is 13.8. The van der Waals surface area contributed by atoms with Gasteiger partial charge < -0.3 is 10.4 Å². The van der Waals surface area contributed by atoms with Crippen molar-refractivity contribution in [3.63, 3.8) is 0 Å². The molecular formula is C19H18F3NO3. The summed E-state index contributed by atoms with van der Waals surface area (Å²) in [6.07, 6.45) is -4.17. The van der Waals surface area contributed by atoms with E-state index in [-0.39, 0.29) is 18.4 Å². The fourth-order valence-corrected chi connectivity index (χ4v) is 2.50. The third-order valence-corrected chi connectivity index (χ3v) is 3.82. The molecule has 2 aromatic rings. The average Bonchev–Trinajstić information content (AvgIpc) is 2.58. The van der Waals surface area contributed by atoms with Crippen LogP contribution >= 0.6 is 0 Å². The minimum absolute atomic E-state index is 0.171. The number of aliphatic carboxylic acids is 1. The number of rotatable bonds is 7. The van der Waals surface area contributed by atoms with E-state index < -0.39 is 29.7 Å². The lowest BCUT2D eigenvalue weighted by Gasteiger charge is -2.15. The van der Waals surface area contributed by atoms with Gasteiger partial charge in [0, 0.05) is 0 Å². The zero-order chi connectivity index (χ0) is 19.2. The third-order valence-electron chi connectivity index (χ3n) is 3.82. The maximum absolute atomic E-state index is 12.7. The van der Waals surface area contributed by atoms with Gasteiger partial charge in [-0.2, -0.15) is 13.2 Å². The molecule has 2 N–H and O–H groups in total. The molecule has 1 atom stereocenters. The molecule has 7 heteroatoms. The van der Waals surface area contributed by atoms with Crippen molar-refractivity contribution in [3.8, 4) is 0 Å². The van der Waals surface area contributed by atoms with Crippen LogP contribution in [0.25, 0.3) is 0 Å². The molecule has 138 valence electrons. The minimum atomic E-state index is -4.49. The number of benzene rings is 2. The molecule has 0 aliphatic rings. The van der Waals surface area contributed by atoms with Crippen LogP contribution in [-0.2, 0) is 28.6 Å². The number of amides is 1. The Labute approximate surface area is 148 Å². The highest BCUT2D eigenvalue weighted by molar-refractivity contribution is 5.84. The molecule has 0 aliphatic heterocycles. The van der Waals surface area contributed by atoms with Gasteiger partial charge in [0.1, 0.15) is 6.04 Å². The summed E-state index contributed by atoms with van der Waals surface area (Å²) in [5.74, 6) is -1.82. The van der Waals surface area contributed by atoms with Crippen LogP contribution in [0, 0.1) is 0 Å². The number of nitrogens with one attached hydrogen (secondary N) is 1. The van der Waals surface area contributed by atoms with E-state index in [1.54, 1.807) is 0 Å². The summed E-state index contributed by atoms with van der Waals surface area (Å²) in [4.78, 5) is 23.4. The Balaban J connectivity index is 1.96. The van der Waals surface area contributed by atoms with E-state index in [0.717, 1.165) is 17.7 Å². The van der Waals surface area contributed by atoms with Gasteiger partial charge in [-0.25, -0.2) is 4.79 Å². The van der Waals surface area contributed by atoms with Crippen LogP contribution in [0.4, 0.5) is 13.2 Å². The van der Waals surface area contributed by atoms with Crippen LogP contribution in [0.3, 0.4) is 0 Å². The third kappa shape index (κ3) is 5.91. The second-order valence-electron chi connectivity index (χ2n) is 5.86. The molecule has 0 saturated carbocycles. The van der Waals surface area contributed by atoms with Gasteiger partial charge in [-0.05, 0) is 30.0 Å². The molecule has 2 aromatic carbocycles. The van der Waals surface area contributed by atoms with Gasteiger partial charge in [0.15, 0.2) is 0 Å². The van der Waals surface area contributed by atoms with Crippen LogP contribution in [-0.4, -0.2) is 23.0 Å². The van der Waals surface area contributed by atoms with Crippen LogP contribution in [0.2, 0.25) is 0 Å². The molecule has 0 heterocycles. The lowest BCUT2D eigenvalue weighted by molar-refractivity contribution is -0.141. The molecule has 0 spiro atoms. The summed E-state index contributed by atoms with van der Waals surface area (Å²) in [6.45, 7) is 0. The molecule has 1 amide bonds. The highest BCUT2D eigenvalue weighted by atomic mass is 19.4. The van der Waals surface area contributed by atoms with Crippen molar-refractivity contribution in [2.75, 3.05) is 0 Å². The molecule has 0 unspecified atom stereocenters.